The fourth-order valence-electron chi connectivity index (χ4n) is 1.82. The van der Waals surface area contributed by atoms with E-state index in [9.17, 15) is 19.8 Å². The summed E-state index contributed by atoms with van der Waals surface area (Å²) in [6.45, 7) is 2.14. The SMILES string of the molecule is CCCCCCCCCC([O-])=N[C@@H](CC(=O)[O-])C(=O)O.[Na+].[Na+]. The maximum atomic E-state index is 11.4. The summed E-state index contributed by atoms with van der Waals surface area (Å²) in [7, 11) is 0. The molecule has 0 saturated carbocycles. The van der Waals surface area contributed by atoms with E-state index in [-0.39, 0.29) is 65.5 Å². The van der Waals surface area contributed by atoms with Crippen LogP contribution in [0.3, 0.4) is 0 Å². The van der Waals surface area contributed by atoms with Gasteiger partial charge in [-0.25, -0.2) is 4.79 Å². The molecule has 0 aliphatic heterocycles. The molecule has 0 amide bonds. The Labute approximate surface area is 176 Å². The molecule has 0 aromatic carbocycles. The van der Waals surface area contributed by atoms with Crippen molar-refractivity contribution in [3.63, 3.8) is 0 Å². The first-order valence-corrected chi connectivity index (χ1v) is 7.13. The fraction of sp³-hybridized carbons (Fsp3) is 0.786. The molecule has 0 fully saturated rings. The van der Waals surface area contributed by atoms with E-state index in [1.807, 2.05) is 0 Å². The van der Waals surface area contributed by atoms with E-state index in [0.29, 0.717) is 6.42 Å². The average molecular weight is 331 g/mol. The Balaban J connectivity index is -0.00000180. The van der Waals surface area contributed by atoms with Crippen LogP contribution < -0.4 is 69.3 Å². The standard InChI is InChI=1S/C14H25NO5.2Na/c1-2-3-4-5-6-7-8-9-12(16)15-11(14(19)20)10-13(17)18;;/h11H,2-10H2,1H3,(H,15,16)(H,17,18)(H,19,20);;/q;2*+1/p-2/t11-;;/m0../s1. The van der Waals surface area contributed by atoms with Gasteiger partial charge in [0.05, 0.1) is 0 Å². The van der Waals surface area contributed by atoms with Crippen LogP contribution in [0.5, 0.6) is 0 Å². The minimum absolute atomic E-state index is 0. The summed E-state index contributed by atoms with van der Waals surface area (Å²) in [5.41, 5.74) is 0. The minimum Gasteiger partial charge on any atom is -0.862 e. The van der Waals surface area contributed by atoms with E-state index in [1.165, 1.54) is 19.3 Å². The van der Waals surface area contributed by atoms with Crippen molar-refractivity contribution in [2.75, 3.05) is 0 Å². The van der Waals surface area contributed by atoms with Crippen molar-refractivity contribution in [2.24, 2.45) is 4.99 Å². The van der Waals surface area contributed by atoms with Gasteiger partial charge in [0.25, 0.3) is 0 Å². The normalized spacial score (nSPS) is 12.0. The van der Waals surface area contributed by atoms with Crippen molar-refractivity contribution in [2.45, 2.75) is 70.8 Å². The number of carbonyl (C=O) groups excluding carboxylic acids is 1. The predicted molar refractivity (Wildman–Crippen MR) is 71.1 cm³/mol. The largest absolute Gasteiger partial charge is 1.00 e. The van der Waals surface area contributed by atoms with Gasteiger partial charge in [-0.2, -0.15) is 0 Å². The maximum absolute atomic E-state index is 11.4. The molecule has 0 aromatic heterocycles. The molecule has 22 heavy (non-hydrogen) atoms. The van der Waals surface area contributed by atoms with E-state index in [1.54, 1.807) is 0 Å². The van der Waals surface area contributed by atoms with E-state index in [4.69, 9.17) is 5.11 Å². The van der Waals surface area contributed by atoms with E-state index < -0.39 is 30.3 Å². The molecule has 1 atom stereocenters. The van der Waals surface area contributed by atoms with Crippen LogP contribution in [-0.4, -0.2) is 29.0 Å². The molecule has 0 rings (SSSR count). The molecule has 0 radical (unpaired) electrons. The zero-order valence-electron chi connectivity index (χ0n) is 14.0. The van der Waals surface area contributed by atoms with Crippen LogP contribution in [0, 0.1) is 0 Å². The van der Waals surface area contributed by atoms with Crippen molar-refractivity contribution in [1.29, 1.82) is 0 Å². The number of carboxylic acids is 2. The second-order valence-electron chi connectivity index (χ2n) is 4.82. The van der Waals surface area contributed by atoms with Crippen molar-refractivity contribution in [3.8, 4) is 0 Å². The van der Waals surface area contributed by atoms with Gasteiger partial charge in [-0.3, -0.25) is 4.99 Å². The van der Waals surface area contributed by atoms with Gasteiger partial charge in [0.2, 0.25) is 0 Å². The number of nitrogens with zero attached hydrogens (tertiary/aromatic N) is 1. The summed E-state index contributed by atoms with van der Waals surface area (Å²) in [4.78, 5) is 24.4. The first kappa shape index (κ1) is 27.3. The Morgan fingerprint density at radius 1 is 1.00 bits per heavy atom. The van der Waals surface area contributed by atoms with Gasteiger partial charge in [-0.05, 0) is 18.7 Å². The molecule has 1 N–H and O–H groups in total. The summed E-state index contributed by atoms with van der Waals surface area (Å²) >= 11 is 0. The third-order valence-corrected chi connectivity index (χ3v) is 2.94. The van der Waals surface area contributed by atoms with Crippen LogP contribution in [0.15, 0.2) is 4.99 Å². The molecule has 0 unspecified atom stereocenters. The Morgan fingerprint density at radius 2 is 1.50 bits per heavy atom. The maximum Gasteiger partial charge on any atom is 1.00 e. The molecule has 116 valence electrons. The number of carbonyl (C=O) groups is 2. The second kappa shape index (κ2) is 17.8. The van der Waals surface area contributed by atoms with Gasteiger partial charge in [-0.15, -0.1) is 0 Å². The van der Waals surface area contributed by atoms with E-state index >= 15 is 0 Å². The van der Waals surface area contributed by atoms with Gasteiger partial charge in [-0.1, -0.05) is 45.4 Å². The van der Waals surface area contributed by atoms with Crippen molar-refractivity contribution < 1.29 is 84.0 Å². The minimum atomic E-state index is -1.53. The van der Waals surface area contributed by atoms with Crippen molar-refractivity contribution in [1.82, 2.24) is 0 Å². The fourth-order valence-corrected chi connectivity index (χ4v) is 1.82. The Bertz CT molecular complexity index is 337. The number of rotatable bonds is 12. The number of aliphatic carboxylic acids is 2. The molecular formula is C14H23NNa2O5. The molecule has 0 aliphatic carbocycles. The number of aliphatic imine (C=N–C) groups is 1. The van der Waals surface area contributed by atoms with Gasteiger partial charge in [0.15, 0.2) is 6.04 Å². The van der Waals surface area contributed by atoms with Crippen LogP contribution in [0.1, 0.15) is 64.7 Å². The topological polar surface area (TPSA) is 113 Å². The monoisotopic (exact) mass is 331 g/mol. The number of unbranched alkanes of at least 4 members (excludes halogenated alkanes) is 6. The van der Waals surface area contributed by atoms with Crippen LogP contribution in [0.25, 0.3) is 0 Å². The van der Waals surface area contributed by atoms with Gasteiger partial charge < -0.3 is 20.1 Å². The van der Waals surface area contributed by atoms with E-state index in [0.717, 1.165) is 19.3 Å². The van der Waals surface area contributed by atoms with Crippen LogP contribution >= 0.6 is 0 Å². The van der Waals surface area contributed by atoms with Crippen molar-refractivity contribution in [3.05, 3.63) is 0 Å². The van der Waals surface area contributed by atoms with Gasteiger partial charge in [0, 0.05) is 12.4 Å². The number of hydrogen-bond acceptors (Lipinski definition) is 5. The second-order valence-corrected chi connectivity index (χ2v) is 4.82. The third kappa shape index (κ3) is 16.8. The molecule has 8 heteroatoms. The number of hydrogen-bond donors (Lipinski definition) is 1. The summed E-state index contributed by atoms with van der Waals surface area (Å²) in [6.07, 6.45) is 6.76. The van der Waals surface area contributed by atoms with Crippen LogP contribution in [-0.2, 0) is 9.59 Å². The summed E-state index contributed by atoms with van der Waals surface area (Å²) < 4.78 is 0. The van der Waals surface area contributed by atoms with Gasteiger partial charge in [0.1, 0.15) is 0 Å². The van der Waals surface area contributed by atoms with Crippen LogP contribution in [0.4, 0.5) is 0 Å². The smallest absolute Gasteiger partial charge is 0.862 e. The summed E-state index contributed by atoms with van der Waals surface area (Å²) in [5, 5.41) is 30.5. The average Bonchev–Trinajstić information content (AvgIpc) is 2.36. The Kier molecular flexibility index (Phi) is 22.0. The molecule has 0 spiro atoms. The molecule has 0 heterocycles. The van der Waals surface area contributed by atoms with Crippen molar-refractivity contribution >= 4 is 17.8 Å². The summed E-state index contributed by atoms with van der Waals surface area (Å²) in [6, 6.07) is -1.53. The zero-order chi connectivity index (χ0) is 15.4. The Morgan fingerprint density at radius 3 is 1.95 bits per heavy atom. The number of carboxylic acid groups (broad SMARTS) is 2. The first-order chi connectivity index (χ1) is 9.47. The zero-order valence-corrected chi connectivity index (χ0v) is 18.0. The van der Waals surface area contributed by atoms with E-state index in [2.05, 4.69) is 11.9 Å². The molecular weight excluding hydrogens is 308 g/mol. The molecule has 0 bridgehead atoms. The quantitative estimate of drug-likeness (QED) is 0.166. The van der Waals surface area contributed by atoms with Gasteiger partial charge >= 0.3 is 65.1 Å². The molecule has 0 saturated heterocycles. The molecule has 6 nitrogen and oxygen atoms in total. The predicted octanol–water partition coefficient (Wildman–Crippen LogP) is -5.51. The third-order valence-electron chi connectivity index (χ3n) is 2.94. The first-order valence-electron chi connectivity index (χ1n) is 7.13. The molecule has 0 aromatic rings. The van der Waals surface area contributed by atoms with Crippen LogP contribution in [0.2, 0.25) is 0 Å². The Hall–Kier alpha value is 0.410. The molecule has 0 aliphatic rings. The summed E-state index contributed by atoms with van der Waals surface area (Å²) in [5.74, 6) is -3.49.